The van der Waals surface area contributed by atoms with Crippen LogP contribution in [0.4, 0.5) is 0 Å². The fourth-order valence-electron chi connectivity index (χ4n) is 10.7. The molecule has 10 aromatic rings. The minimum Gasteiger partial charge on any atom is -0.0757 e. The molecule has 0 bridgehead atoms. The van der Waals surface area contributed by atoms with Gasteiger partial charge in [0.15, 0.2) is 0 Å². The molecule has 0 nitrogen and oxygen atoms in total. The van der Waals surface area contributed by atoms with Gasteiger partial charge in [-0.2, -0.15) is 0 Å². The minimum atomic E-state index is 0.327. The summed E-state index contributed by atoms with van der Waals surface area (Å²) in [7, 11) is 0. The first-order valence-corrected chi connectivity index (χ1v) is 19.2. The summed E-state index contributed by atoms with van der Waals surface area (Å²) in [5, 5.41) is 12.2. The summed E-state index contributed by atoms with van der Waals surface area (Å²) >= 11 is 0. The van der Waals surface area contributed by atoms with Crippen LogP contribution in [0, 0.1) is 0 Å². The number of hydrogen-bond acceptors (Lipinski definition) is 0. The van der Waals surface area contributed by atoms with Gasteiger partial charge in [0.25, 0.3) is 0 Å². The molecule has 54 heavy (non-hydrogen) atoms. The maximum Gasteiger partial charge on any atom is 0.0143 e. The van der Waals surface area contributed by atoms with Crippen LogP contribution >= 0.6 is 0 Å². The van der Waals surface area contributed by atoms with Gasteiger partial charge in [-0.1, -0.05) is 146 Å². The highest BCUT2D eigenvalue weighted by molar-refractivity contribution is 6.28. The summed E-state index contributed by atoms with van der Waals surface area (Å²) in [6.45, 7) is 0. The first kappa shape index (κ1) is 28.8. The van der Waals surface area contributed by atoms with Crippen molar-refractivity contribution in [3.8, 4) is 66.8 Å². The van der Waals surface area contributed by atoms with Crippen LogP contribution in [0.25, 0.3) is 116 Å². The SMILES string of the molecule is C1=c2ccc3cc(-c4ccccc4)cc4cc5c(c2c34)C(C1)c1cc2c(-c3ccccc3)c3c(c(-c4ccccc4)c2cc1-5)-c1cccc2cccc-3c12. The topological polar surface area (TPSA) is 0 Å². The van der Waals surface area contributed by atoms with Crippen molar-refractivity contribution in [1.82, 2.24) is 0 Å². The maximum absolute atomic E-state index is 2.61. The van der Waals surface area contributed by atoms with Crippen molar-refractivity contribution in [3.63, 3.8) is 0 Å². The van der Waals surface area contributed by atoms with Crippen molar-refractivity contribution < 1.29 is 0 Å². The Kier molecular flexibility index (Phi) is 5.56. The van der Waals surface area contributed by atoms with Crippen molar-refractivity contribution >= 4 is 49.2 Å². The lowest BCUT2D eigenvalue weighted by Gasteiger charge is -2.23. The fourth-order valence-corrected chi connectivity index (χ4v) is 10.7. The standard InChI is InChI=1S/C54H32/c1-4-12-31(13-5-1)37-26-36-23-22-35-24-25-39-42-29-45-46(30-43(42)44-28-38(27-37)47(36)51(35)52(39)44)50(34-16-8-3-9-17-34)54-41-21-11-19-32-18-10-20-40(48(32)41)53(54)49(45)33-14-6-2-7-15-33/h1-24,26-30,39H,25H2. The highest BCUT2D eigenvalue weighted by Gasteiger charge is 2.36. The van der Waals surface area contributed by atoms with Crippen LogP contribution in [0.15, 0.2) is 170 Å². The van der Waals surface area contributed by atoms with Gasteiger partial charge >= 0.3 is 0 Å². The monoisotopic (exact) mass is 680 g/mol. The lowest BCUT2D eigenvalue weighted by molar-refractivity contribution is 0.881. The summed E-state index contributed by atoms with van der Waals surface area (Å²) in [4.78, 5) is 0. The molecule has 0 amide bonds. The van der Waals surface area contributed by atoms with Gasteiger partial charge in [0.1, 0.15) is 0 Å². The Morgan fingerprint density at radius 2 is 0.963 bits per heavy atom. The number of hydrogen-bond donors (Lipinski definition) is 0. The third-order valence-electron chi connectivity index (χ3n) is 12.8. The van der Waals surface area contributed by atoms with Gasteiger partial charge in [-0.05, 0) is 163 Å². The van der Waals surface area contributed by atoms with E-state index in [1.165, 1.54) is 126 Å². The van der Waals surface area contributed by atoms with Crippen molar-refractivity contribution in [2.24, 2.45) is 0 Å². The lowest BCUT2D eigenvalue weighted by atomic mass is 9.80. The van der Waals surface area contributed by atoms with E-state index in [0.29, 0.717) is 5.92 Å². The van der Waals surface area contributed by atoms with Crippen LogP contribution in [-0.4, -0.2) is 0 Å². The molecule has 13 rings (SSSR count). The zero-order valence-electron chi connectivity index (χ0n) is 29.5. The van der Waals surface area contributed by atoms with Crippen molar-refractivity contribution in [1.29, 1.82) is 0 Å². The molecule has 1 atom stereocenters. The van der Waals surface area contributed by atoms with E-state index in [0.717, 1.165) is 6.42 Å². The Bertz CT molecular complexity index is 3310. The van der Waals surface area contributed by atoms with Gasteiger partial charge in [-0.25, -0.2) is 0 Å². The Morgan fingerprint density at radius 1 is 0.352 bits per heavy atom. The Labute approximate surface area is 313 Å². The summed E-state index contributed by atoms with van der Waals surface area (Å²) in [6.07, 6.45) is 3.52. The third-order valence-corrected chi connectivity index (χ3v) is 12.8. The van der Waals surface area contributed by atoms with Gasteiger partial charge in [0.05, 0.1) is 0 Å². The third kappa shape index (κ3) is 3.67. The molecule has 0 heterocycles. The number of benzene rings is 10. The van der Waals surface area contributed by atoms with Crippen molar-refractivity contribution in [3.05, 3.63) is 186 Å². The molecule has 0 N–H and O–H groups in total. The molecular formula is C54H32. The van der Waals surface area contributed by atoms with E-state index in [9.17, 15) is 0 Å². The minimum absolute atomic E-state index is 0.327. The van der Waals surface area contributed by atoms with Crippen molar-refractivity contribution in [2.45, 2.75) is 12.3 Å². The molecule has 1 unspecified atom stereocenters. The molecule has 3 aliphatic carbocycles. The molecule has 0 saturated carbocycles. The van der Waals surface area contributed by atoms with E-state index in [-0.39, 0.29) is 0 Å². The van der Waals surface area contributed by atoms with Crippen LogP contribution in [0.1, 0.15) is 23.5 Å². The smallest absolute Gasteiger partial charge is 0.0143 e. The number of fused-ring (bicyclic) bond motifs is 7. The van der Waals surface area contributed by atoms with Gasteiger partial charge in [-0.15, -0.1) is 0 Å². The second kappa shape index (κ2) is 10.4. The molecule has 0 spiro atoms. The zero-order valence-corrected chi connectivity index (χ0v) is 29.5. The number of rotatable bonds is 3. The van der Waals surface area contributed by atoms with E-state index in [4.69, 9.17) is 0 Å². The fraction of sp³-hybridized carbons (Fsp3) is 0.0370. The first-order chi connectivity index (χ1) is 26.8. The normalized spacial score (nSPS) is 14.6. The quantitative estimate of drug-likeness (QED) is 0.174. The molecule has 0 saturated heterocycles. The summed E-state index contributed by atoms with van der Waals surface area (Å²) in [5.74, 6) is 0.327. The molecule has 248 valence electrons. The van der Waals surface area contributed by atoms with Gasteiger partial charge in [0, 0.05) is 5.92 Å². The van der Waals surface area contributed by atoms with E-state index in [2.05, 4.69) is 176 Å². The van der Waals surface area contributed by atoms with Crippen LogP contribution in [0.3, 0.4) is 0 Å². The van der Waals surface area contributed by atoms with Crippen LogP contribution in [0.5, 0.6) is 0 Å². The summed E-state index contributed by atoms with van der Waals surface area (Å²) in [6, 6.07) is 64.2. The van der Waals surface area contributed by atoms with Crippen LogP contribution in [0.2, 0.25) is 0 Å². The predicted octanol–water partition coefficient (Wildman–Crippen LogP) is 14.0. The summed E-state index contributed by atoms with van der Waals surface area (Å²) in [5.41, 5.74) is 18.9. The van der Waals surface area contributed by atoms with Gasteiger partial charge in [0.2, 0.25) is 0 Å². The van der Waals surface area contributed by atoms with Crippen LogP contribution in [-0.2, 0) is 0 Å². The maximum atomic E-state index is 2.61. The average molecular weight is 681 g/mol. The highest BCUT2D eigenvalue weighted by Crippen LogP contribution is 2.60. The molecule has 3 aliphatic rings. The molecule has 0 aliphatic heterocycles. The molecule has 0 aromatic heterocycles. The molecule has 10 aromatic carbocycles. The van der Waals surface area contributed by atoms with E-state index < -0.39 is 0 Å². The van der Waals surface area contributed by atoms with Gasteiger partial charge in [-0.3, -0.25) is 0 Å². The molecule has 0 radical (unpaired) electrons. The average Bonchev–Trinajstić information content (AvgIpc) is 3.73. The lowest BCUT2D eigenvalue weighted by Crippen LogP contribution is -2.13. The zero-order chi connectivity index (χ0) is 35.1. The molecular weight excluding hydrogens is 649 g/mol. The predicted molar refractivity (Wildman–Crippen MR) is 229 cm³/mol. The molecule has 0 heteroatoms. The summed E-state index contributed by atoms with van der Waals surface area (Å²) < 4.78 is 0. The first-order valence-electron chi connectivity index (χ1n) is 19.2. The molecule has 0 fully saturated rings. The van der Waals surface area contributed by atoms with E-state index in [1.54, 1.807) is 0 Å². The highest BCUT2D eigenvalue weighted by atomic mass is 14.4. The van der Waals surface area contributed by atoms with E-state index >= 15 is 0 Å². The largest absolute Gasteiger partial charge is 0.0757 e. The Morgan fingerprint density at radius 3 is 1.63 bits per heavy atom. The van der Waals surface area contributed by atoms with Crippen molar-refractivity contribution in [2.75, 3.05) is 0 Å². The van der Waals surface area contributed by atoms with E-state index in [1.807, 2.05) is 0 Å². The Hall–Kier alpha value is -6.76. The second-order valence-corrected chi connectivity index (χ2v) is 15.4. The second-order valence-electron chi connectivity index (χ2n) is 15.4. The Balaban J connectivity index is 1.20. The van der Waals surface area contributed by atoms with Crippen LogP contribution < -0.4 is 5.22 Å². The van der Waals surface area contributed by atoms with Gasteiger partial charge < -0.3 is 0 Å².